The molecule has 0 bridgehead atoms. The number of aliphatic hydroxyl groups excluding tert-OH is 3. The highest BCUT2D eigenvalue weighted by atomic mass is 32.3. The number of hydrogen-bond acceptors (Lipinski definition) is 11. The minimum Gasteiger partial charge on any atom is -0.457 e. The summed E-state index contributed by atoms with van der Waals surface area (Å²) in [7, 11) is -5.08. The monoisotopic (exact) mass is 1090 g/mol. The van der Waals surface area contributed by atoms with Gasteiger partial charge in [-0.05, 0) is 96.3 Å². The van der Waals surface area contributed by atoms with Crippen LogP contribution in [-0.2, 0) is 38.3 Å². The van der Waals surface area contributed by atoms with Crippen LogP contribution in [0.25, 0.3) is 0 Å². The van der Waals surface area contributed by atoms with Gasteiger partial charge in [-0.25, -0.2) is 4.18 Å². The van der Waals surface area contributed by atoms with E-state index in [-0.39, 0.29) is 19.6 Å². The third-order valence-electron chi connectivity index (χ3n) is 13.2. The van der Waals surface area contributed by atoms with E-state index in [1.165, 1.54) is 103 Å². The number of aliphatic hydroxyl groups is 3. The fourth-order valence-corrected chi connectivity index (χ4v) is 9.22. The van der Waals surface area contributed by atoms with Crippen molar-refractivity contribution < 1.29 is 56.2 Å². The maximum absolute atomic E-state index is 13.0. The molecule has 1 rings (SSSR count). The zero-order valence-corrected chi connectivity index (χ0v) is 48.4. The van der Waals surface area contributed by atoms with Gasteiger partial charge in [-0.1, -0.05) is 227 Å². The molecule has 1 aliphatic heterocycles. The predicted molar refractivity (Wildman–Crippen MR) is 312 cm³/mol. The summed E-state index contributed by atoms with van der Waals surface area (Å²) in [5.41, 5.74) is 0. The minimum atomic E-state index is -5.08. The molecule has 1 aliphatic rings. The summed E-state index contributed by atoms with van der Waals surface area (Å²) < 4.78 is 59.5. The SMILES string of the molecule is CC/C=C\C/C=C\C/C=C\C/C=C\C/C=C\C/C=C\CCCCCCCCC(=O)OC(COCCCCCCCCCCCCCC/C=C\C/C=C\CCCCCCC)COC1OC(CO)C(O)C(OS(=O)(=O)O)C1O. The van der Waals surface area contributed by atoms with E-state index in [1.54, 1.807) is 0 Å². The van der Waals surface area contributed by atoms with Crippen molar-refractivity contribution in [3.8, 4) is 0 Å². The molecule has 0 aromatic rings. The van der Waals surface area contributed by atoms with Crippen LogP contribution in [-0.4, -0.2) is 97.5 Å². The van der Waals surface area contributed by atoms with Crippen molar-refractivity contribution in [2.45, 2.75) is 269 Å². The molecular formula is C63H108O12S. The Bertz CT molecular complexity index is 1680. The Morgan fingerprint density at radius 3 is 1.33 bits per heavy atom. The molecule has 438 valence electrons. The quantitative estimate of drug-likeness (QED) is 0.0196. The summed E-state index contributed by atoms with van der Waals surface area (Å²) in [6.45, 7) is 3.86. The summed E-state index contributed by atoms with van der Waals surface area (Å²) in [5.74, 6) is -0.415. The van der Waals surface area contributed by atoms with Gasteiger partial charge in [-0.2, -0.15) is 8.42 Å². The van der Waals surface area contributed by atoms with Gasteiger partial charge >= 0.3 is 16.4 Å². The number of carbonyl (C=O) groups is 1. The van der Waals surface area contributed by atoms with Gasteiger partial charge in [0.25, 0.3) is 0 Å². The van der Waals surface area contributed by atoms with Gasteiger partial charge in [-0.15, -0.1) is 0 Å². The van der Waals surface area contributed by atoms with Crippen molar-refractivity contribution in [1.82, 2.24) is 0 Å². The van der Waals surface area contributed by atoms with Gasteiger partial charge < -0.3 is 34.3 Å². The van der Waals surface area contributed by atoms with Crippen LogP contribution in [0.1, 0.15) is 232 Å². The highest BCUT2D eigenvalue weighted by Gasteiger charge is 2.48. The molecule has 0 aromatic carbocycles. The van der Waals surface area contributed by atoms with Gasteiger partial charge in [0.1, 0.15) is 30.5 Å². The number of carbonyl (C=O) groups excluding carboxylic acids is 1. The smallest absolute Gasteiger partial charge is 0.397 e. The molecule has 1 heterocycles. The number of esters is 1. The van der Waals surface area contributed by atoms with Crippen LogP contribution in [0.3, 0.4) is 0 Å². The number of unbranched alkanes of at least 4 members (excludes halogenated alkanes) is 23. The van der Waals surface area contributed by atoms with E-state index < -0.39 is 59.8 Å². The second-order valence-corrected chi connectivity index (χ2v) is 21.3. The van der Waals surface area contributed by atoms with E-state index in [2.05, 4.69) is 115 Å². The van der Waals surface area contributed by atoms with E-state index in [0.29, 0.717) is 13.0 Å². The Hall–Kier alpha value is -2.98. The molecule has 6 unspecified atom stereocenters. The van der Waals surface area contributed by atoms with Crippen molar-refractivity contribution in [3.05, 3.63) is 97.2 Å². The lowest BCUT2D eigenvalue weighted by atomic mass is 9.99. The minimum absolute atomic E-state index is 0.0238. The van der Waals surface area contributed by atoms with Crippen LogP contribution in [0.2, 0.25) is 0 Å². The molecule has 12 nitrogen and oxygen atoms in total. The lowest BCUT2D eigenvalue weighted by molar-refractivity contribution is -0.301. The van der Waals surface area contributed by atoms with Crippen LogP contribution in [0, 0.1) is 0 Å². The molecule has 0 saturated carbocycles. The van der Waals surface area contributed by atoms with Crippen molar-refractivity contribution in [2.75, 3.05) is 26.4 Å². The van der Waals surface area contributed by atoms with Gasteiger partial charge in [0.15, 0.2) is 6.29 Å². The summed E-state index contributed by atoms with van der Waals surface area (Å²) in [6, 6.07) is 0. The highest BCUT2D eigenvalue weighted by molar-refractivity contribution is 7.80. The third kappa shape index (κ3) is 44.9. The zero-order chi connectivity index (χ0) is 55.3. The molecule has 0 aliphatic carbocycles. The van der Waals surface area contributed by atoms with Crippen LogP contribution in [0.4, 0.5) is 0 Å². The van der Waals surface area contributed by atoms with E-state index in [0.717, 1.165) is 103 Å². The number of ether oxygens (including phenoxy) is 4. The Labute approximate surface area is 463 Å². The van der Waals surface area contributed by atoms with Crippen LogP contribution in [0.5, 0.6) is 0 Å². The lowest BCUT2D eigenvalue weighted by Crippen LogP contribution is -2.60. The first kappa shape index (κ1) is 71.0. The van der Waals surface area contributed by atoms with E-state index >= 15 is 0 Å². The number of allylic oxidation sites excluding steroid dienone is 16. The predicted octanol–water partition coefficient (Wildman–Crippen LogP) is 15.3. The molecule has 0 spiro atoms. The van der Waals surface area contributed by atoms with Crippen molar-refractivity contribution in [2.24, 2.45) is 0 Å². The molecule has 76 heavy (non-hydrogen) atoms. The van der Waals surface area contributed by atoms with Crippen LogP contribution < -0.4 is 0 Å². The number of rotatable bonds is 52. The maximum Gasteiger partial charge on any atom is 0.397 e. The third-order valence-corrected chi connectivity index (χ3v) is 13.7. The molecule has 0 radical (unpaired) electrons. The Morgan fingerprint density at radius 2 is 0.908 bits per heavy atom. The molecule has 6 atom stereocenters. The summed E-state index contributed by atoms with van der Waals surface area (Å²) in [6.07, 6.45) is 64.4. The standard InChI is InChI=1S/C63H108O12S/c1-3-5-7-9-11-13-15-17-19-21-23-25-27-29-30-32-34-36-38-40-42-44-46-48-50-52-59(65)73-57(56-72-63-61(67)62(75-76(68,69)70)60(66)58(54-64)74-63)55-71-53-51-49-47-45-43-41-39-37-35-33-31-28-26-24-22-20-18-16-14-12-10-8-6-4-2/h5,7,11,13,16-19,22-25,29-30,34,36,57-58,60-64,66-67H,3-4,6,8-10,12,14-15,20-21,26-28,31-33,35,37-56H2,1-2H3,(H,68,69,70)/b7-5-,13-11-,18-16-,19-17-,24-22-,25-23-,30-29-,36-34-. The van der Waals surface area contributed by atoms with Gasteiger partial charge in [0.2, 0.25) is 0 Å². The fraction of sp³-hybridized carbons (Fsp3) is 0.730. The average Bonchev–Trinajstić information content (AvgIpc) is 3.40. The summed E-state index contributed by atoms with van der Waals surface area (Å²) >= 11 is 0. The van der Waals surface area contributed by atoms with Crippen molar-refractivity contribution in [3.63, 3.8) is 0 Å². The molecule has 1 saturated heterocycles. The van der Waals surface area contributed by atoms with E-state index in [1.807, 2.05) is 0 Å². The second-order valence-electron chi connectivity index (χ2n) is 20.2. The topological polar surface area (TPSA) is 178 Å². The summed E-state index contributed by atoms with van der Waals surface area (Å²) in [4.78, 5) is 13.0. The van der Waals surface area contributed by atoms with E-state index in [9.17, 15) is 33.1 Å². The fourth-order valence-electron chi connectivity index (χ4n) is 8.71. The summed E-state index contributed by atoms with van der Waals surface area (Å²) in [5, 5.41) is 30.9. The van der Waals surface area contributed by atoms with Crippen LogP contribution in [0.15, 0.2) is 97.2 Å². The molecule has 13 heteroatoms. The van der Waals surface area contributed by atoms with Gasteiger partial charge in [0, 0.05) is 13.0 Å². The van der Waals surface area contributed by atoms with Crippen molar-refractivity contribution >= 4 is 16.4 Å². The van der Waals surface area contributed by atoms with E-state index in [4.69, 9.17) is 18.9 Å². The highest BCUT2D eigenvalue weighted by Crippen LogP contribution is 2.26. The Morgan fingerprint density at radius 1 is 0.513 bits per heavy atom. The van der Waals surface area contributed by atoms with Gasteiger partial charge in [-0.3, -0.25) is 9.35 Å². The first-order valence-electron chi connectivity index (χ1n) is 30.0. The molecular weight excluding hydrogens is 981 g/mol. The van der Waals surface area contributed by atoms with Crippen LogP contribution >= 0.6 is 0 Å². The Kier molecular flexibility index (Phi) is 49.3. The Balaban J connectivity index is 2.31. The zero-order valence-electron chi connectivity index (χ0n) is 47.5. The molecule has 0 amide bonds. The normalized spacial score (nSPS) is 19.3. The van der Waals surface area contributed by atoms with Gasteiger partial charge in [0.05, 0.1) is 19.8 Å². The first-order chi connectivity index (χ1) is 37.1. The number of hydrogen-bond donors (Lipinski definition) is 4. The first-order valence-corrected chi connectivity index (χ1v) is 31.4. The lowest BCUT2D eigenvalue weighted by Gasteiger charge is -2.41. The van der Waals surface area contributed by atoms with Crippen molar-refractivity contribution in [1.29, 1.82) is 0 Å². The maximum atomic E-state index is 13.0. The second kappa shape index (κ2) is 52.7. The average molecular weight is 1090 g/mol. The molecule has 1 fully saturated rings. The molecule has 0 aromatic heterocycles. The molecule has 4 N–H and O–H groups in total. The largest absolute Gasteiger partial charge is 0.457 e.